The molecule has 14 nitrogen and oxygen atoms in total. The first-order valence-electron chi connectivity index (χ1n) is 14.6. The molecule has 1 amide bonds. The number of hydrogen-bond donors (Lipinski definition) is 7. The van der Waals surface area contributed by atoms with Gasteiger partial charge in [-0.25, -0.2) is 0 Å². The Kier molecular flexibility index (Phi) is 10.2. The minimum Gasteiger partial charge on any atom is -0.459 e. The van der Waals surface area contributed by atoms with Crippen molar-refractivity contribution in [2.75, 3.05) is 12.5 Å². The van der Waals surface area contributed by atoms with Crippen molar-refractivity contribution in [3.05, 3.63) is 64.2 Å². The lowest BCUT2D eigenvalue weighted by molar-refractivity contribution is -0.155. The number of amides is 1. The van der Waals surface area contributed by atoms with Crippen LogP contribution in [0.5, 0.6) is 5.75 Å². The molecule has 0 spiro atoms. The number of nitrogens with two attached hydrogens (primary N) is 1. The molecule has 1 aliphatic carbocycles. The normalized spacial score (nSPS) is 34.7. The number of anilines is 1. The molecule has 10 atom stereocenters. The Hall–Kier alpha value is -3.31. The van der Waals surface area contributed by atoms with Crippen molar-refractivity contribution in [2.45, 2.75) is 88.0 Å². The maximum atomic E-state index is 12.9. The summed E-state index contributed by atoms with van der Waals surface area (Å²) in [6.07, 6.45) is -8.18. The number of nitrogens with zero attached hydrogens (tertiary/aromatic N) is 1. The van der Waals surface area contributed by atoms with E-state index in [0.717, 1.165) is 5.56 Å². The molecule has 2 saturated heterocycles. The third kappa shape index (κ3) is 7.00. The van der Waals surface area contributed by atoms with Crippen LogP contribution in [0.4, 0.5) is 5.69 Å². The van der Waals surface area contributed by atoms with E-state index in [1.165, 1.54) is 32.1 Å². The fourth-order valence-electron chi connectivity index (χ4n) is 5.57. The molecule has 1 saturated carbocycles. The molecule has 0 unspecified atom stereocenters. The average Bonchev–Trinajstić information content (AvgIpc) is 3.59. The van der Waals surface area contributed by atoms with E-state index >= 15 is 0 Å². The molecule has 3 aliphatic rings. The maximum Gasteiger partial charge on any atom is 0.247 e. The number of nitrogens with one attached hydrogen (secondary N) is 1. The van der Waals surface area contributed by atoms with Crippen molar-refractivity contribution >= 4 is 35.0 Å². The van der Waals surface area contributed by atoms with Crippen LogP contribution >= 0.6 is 11.6 Å². The zero-order valence-electron chi connectivity index (χ0n) is 25.3. The Morgan fingerprint density at radius 2 is 1.83 bits per heavy atom. The van der Waals surface area contributed by atoms with Crippen LogP contribution in [0.2, 0.25) is 5.02 Å². The van der Waals surface area contributed by atoms with Crippen molar-refractivity contribution in [3.63, 3.8) is 0 Å². The Bertz CT molecular complexity index is 1490. The first-order valence-corrected chi connectivity index (χ1v) is 14.9. The molecule has 2 aromatic rings. The highest BCUT2D eigenvalue weighted by Gasteiger charge is 2.55. The predicted molar refractivity (Wildman–Crippen MR) is 164 cm³/mol. The lowest BCUT2D eigenvalue weighted by Gasteiger charge is -2.41. The van der Waals surface area contributed by atoms with E-state index in [4.69, 9.17) is 41.1 Å². The zero-order valence-corrected chi connectivity index (χ0v) is 26.1. The second-order valence-electron chi connectivity index (χ2n) is 11.8. The van der Waals surface area contributed by atoms with E-state index in [0.29, 0.717) is 10.6 Å². The topological polar surface area (TPSA) is 215 Å². The van der Waals surface area contributed by atoms with Crippen LogP contribution in [0.1, 0.15) is 31.9 Å². The van der Waals surface area contributed by atoms with Gasteiger partial charge in [0.15, 0.2) is 5.60 Å². The average molecular weight is 664 g/mol. The van der Waals surface area contributed by atoms with Gasteiger partial charge in [0.2, 0.25) is 12.2 Å². The highest BCUT2D eigenvalue weighted by molar-refractivity contribution is 6.30. The molecule has 0 bridgehead atoms. The SMILES string of the molecule is C/C(=C\c1ccc(O[C@@H]2O[C@H](/C(C)=N/OCc3cccc(Cl)c3)[C@@H](O)[C@@]2(C)O)c(N)c1)C(=O)N[C@@H]1[C@H](O)[C@@H](O)[C@H]2OCO[C@H]2[C@@H]1O. The molecule has 2 aromatic carbocycles. The Labute approximate surface area is 269 Å². The van der Waals surface area contributed by atoms with Crippen LogP contribution in [0.25, 0.3) is 6.08 Å². The van der Waals surface area contributed by atoms with Crippen LogP contribution in [0.3, 0.4) is 0 Å². The van der Waals surface area contributed by atoms with Crippen LogP contribution in [-0.2, 0) is 30.4 Å². The second kappa shape index (κ2) is 13.8. The van der Waals surface area contributed by atoms with Gasteiger partial charge in [0.1, 0.15) is 61.9 Å². The summed E-state index contributed by atoms with van der Waals surface area (Å²) in [5, 5.41) is 60.4. The fraction of sp³-hybridized carbons (Fsp3) is 0.484. The summed E-state index contributed by atoms with van der Waals surface area (Å²) in [6.45, 7) is 4.47. The fourth-order valence-corrected chi connectivity index (χ4v) is 5.78. The number of hydrogen-bond acceptors (Lipinski definition) is 13. The molecule has 5 rings (SSSR count). The van der Waals surface area contributed by atoms with Gasteiger partial charge in [-0.05, 0) is 62.2 Å². The molecule has 3 fully saturated rings. The van der Waals surface area contributed by atoms with Gasteiger partial charge >= 0.3 is 0 Å². The summed E-state index contributed by atoms with van der Waals surface area (Å²) < 4.78 is 22.2. The monoisotopic (exact) mass is 663 g/mol. The lowest BCUT2D eigenvalue weighted by Crippen LogP contribution is -2.67. The van der Waals surface area contributed by atoms with Gasteiger partial charge in [0.05, 0.1) is 17.4 Å². The number of nitrogen functional groups attached to an aromatic ring is 1. The van der Waals surface area contributed by atoms with Crippen molar-refractivity contribution in [1.82, 2.24) is 5.32 Å². The molecule has 2 heterocycles. The summed E-state index contributed by atoms with van der Waals surface area (Å²) in [7, 11) is 0. The zero-order chi connectivity index (χ0) is 33.3. The van der Waals surface area contributed by atoms with E-state index in [2.05, 4.69) is 10.5 Å². The summed E-state index contributed by atoms with van der Waals surface area (Å²) >= 11 is 5.99. The summed E-state index contributed by atoms with van der Waals surface area (Å²) in [5.74, 6) is -0.449. The number of carbonyl (C=O) groups excluding carboxylic acids is 1. The number of ether oxygens (including phenoxy) is 4. The number of aliphatic hydroxyl groups is 5. The largest absolute Gasteiger partial charge is 0.459 e. The van der Waals surface area contributed by atoms with Crippen molar-refractivity contribution in [2.24, 2.45) is 5.16 Å². The number of benzene rings is 2. The molecular weight excluding hydrogens is 626 g/mol. The van der Waals surface area contributed by atoms with Gasteiger partial charge < -0.3 is 60.4 Å². The van der Waals surface area contributed by atoms with Crippen molar-refractivity contribution < 1.29 is 54.1 Å². The maximum absolute atomic E-state index is 12.9. The highest BCUT2D eigenvalue weighted by Crippen LogP contribution is 2.36. The van der Waals surface area contributed by atoms with Gasteiger partial charge in [-0.3, -0.25) is 4.79 Å². The molecule has 250 valence electrons. The second-order valence-corrected chi connectivity index (χ2v) is 12.2. The van der Waals surface area contributed by atoms with Gasteiger partial charge in [-0.15, -0.1) is 0 Å². The molecule has 2 aliphatic heterocycles. The lowest BCUT2D eigenvalue weighted by atomic mass is 9.83. The van der Waals surface area contributed by atoms with E-state index in [1.54, 1.807) is 31.2 Å². The van der Waals surface area contributed by atoms with E-state index in [-0.39, 0.29) is 36.1 Å². The number of aliphatic hydroxyl groups excluding tert-OH is 4. The first-order chi connectivity index (χ1) is 21.8. The third-order valence-corrected chi connectivity index (χ3v) is 8.52. The quantitative estimate of drug-likeness (QED) is 0.0843. The predicted octanol–water partition coefficient (Wildman–Crippen LogP) is 0.456. The first kappa shape index (κ1) is 34.0. The minimum atomic E-state index is -1.84. The number of halogens is 1. The Morgan fingerprint density at radius 1 is 1.11 bits per heavy atom. The molecule has 0 aromatic heterocycles. The number of fused-ring (bicyclic) bond motifs is 1. The third-order valence-electron chi connectivity index (χ3n) is 8.28. The van der Waals surface area contributed by atoms with Crippen LogP contribution < -0.4 is 15.8 Å². The number of carbonyl (C=O) groups is 1. The van der Waals surface area contributed by atoms with E-state index < -0.39 is 66.6 Å². The Balaban J connectivity index is 1.21. The van der Waals surface area contributed by atoms with Crippen LogP contribution in [0.15, 0.2) is 53.2 Å². The van der Waals surface area contributed by atoms with Crippen molar-refractivity contribution in [1.29, 1.82) is 0 Å². The van der Waals surface area contributed by atoms with Gasteiger partial charge in [-0.1, -0.05) is 35.0 Å². The molecule has 8 N–H and O–H groups in total. The standard InChI is InChI=1S/C31H38ClN3O11/c1-14(29(40)34-21-22(36)24(38)27-26(23(21)37)42-13-43-27)9-16-7-8-20(19(33)11-16)45-30-31(3,41)28(39)25(46-30)15(2)35-44-12-17-5-4-6-18(32)10-17/h4-11,21-28,30,36-39,41H,12-13,33H2,1-3H3,(H,34,40)/b14-9+,35-15+/t21-,22+,23-,24-,25-,26+,27-,28-,30-,31-/m1/s1. The number of rotatable bonds is 9. The smallest absolute Gasteiger partial charge is 0.247 e. The van der Waals surface area contributed by atoms with Crippen LogP contribution in [-0.4, -0.2) is 105 Å². The summed E-state index contributed by atoms with van der Waals surface area (Å²) in [4.78, 5) is 18.3. The van der Waals surface area contributed by atoms with Gasteiger partial charge in [0.25, 0.3) is 0 Å². The number of oxime groups is 1. The molecule has 46 heavy (non-hydrogen) atoms. The Morgan fingerprint density at radius 3 is 2.52 bits per heavy atom. The summed E-state index contributed by atoms with van der Waals surface area (Å²) in [6, 6.07) is 10.5. The molecule has 0 radical (unpaired) electrons. The highest BCUT2D eigenvalue weighted by atomic mass is 35.5. The van der Waals surface area contributed by atoms with Gasteiger partial charge in [0, 0.05) is 10.6 Å². The van der Waals surface area contributed by atoms with E-state index in [1.807, 2.05) is 6.07 Å². The van der Waals surface area contributed by atoms with Crippen LogP contribution in [0, 0.1) is 0 Å². The minimum absolute atomic E-state index is 0.133. The van der Waals surface area contributed by atoms with Gasteiger partial charge in [-0.2, -0.15) is 0 Å². The molecule has 15 heteroatoms. The summed E-state index contributed by atoms with van der Waals surface area (Å²) in [5.41, 5.74) is 6.34. The van der Waals surface area contributed by atoms with E-state index in [9.17, 15) is 30.3 Å². The molecular formula is C31H38ClN3O11. The van der Waals surface area contributed by atoms with Crippen molar-refractivity contribution in [3.8, 4) is 5.75 Å².